The van der Waals surface area contributed by atoms with Crippen LogP contribution in [0.15, 0.2) is 51.3 Å². The van der Waals surface area contributed by atoms with E-state index in [1.165, 1.54) is 47.0 Å². The first-order valence-electron chi connectivity index (χ1n) is 5.68. The van der Waals surface area contributed by atoms with E-state index in [1.54, 1.807) is 0 Å². The van der Waals surface area contributed by atoms with Gasteiger partial charge in [-0.05, 0) is 12.1 Å². The average molecular weight is 354 g/mol. The van der Waals surface area contributed by atoms with Gasteiger partial charge < -0.3 is 0 Å². The van der Waals surface area contributed by atoms with E-state index in [0.717, 1.165) is 19.6 Å². The van der Waals surface area contributed by atoms with Crippen molar-refractivity contribution in [2.24, 2.45) is 0 Å². The molecule has 0 N–H and O–H groups in total. The Morgan fingerprint density at radius 1 is 0.591 bits per heavy atom. The number of thioether (sulfide) groups is 4. The fraction of sp³-hybridized carbons (Fsp3) is 0. The summed E-state index contributed by atoms with van der Waals surface area (Å²) in [5.74, 6) is 0. The highest BCUT2D eigenvalue weighted by molar-refractivity contribution is 8.25. The van der Waals surface area contributed by atoms with Crippen LogP contribution in [-0.4, -0.2) is 0 Å². The van der Waals surface area contributed by atoms with E-state index >= 15 is 0 Å². The molecule has 0 unspecified atom stereocenters. The lowest BCUT2D eigenvalue weighted by Gasteiger charge is -1.99. The molecule has 2 heterocycles. The molecule has 0 saturated heterocycles. The minimum atomic E-state index is 0.128. The quantitative estimate of drug-likeness (QED) is 0.624. The van der Waals surface area contributed by atoms with Crippen LogP contribution in [0, 0.1) is 45.3 Å². The smallest absolute Gasteiger partial charge is 0.150 e. The molecule has 0 aromatic heterocycles. The molecule has 0 spiro atoms. The van der Waals surface area contributed by atoms with E-state index in [9.17, 15) is 0 Å². The maximum atomic E-state index is 8.95. The number of rotatable bonds is 0. The van der Waals surface area contributed by atoms with Gasteiger partial charge in [0.2, 0.25) is 0 Å². The summed E-state index contributed by atoms with van der Waals surface area (Å²) < 4.78 is 1.40. The van der Waals surface area contributed by atoms with Gasteiger partial charge in [-0.1, -0.05) is 47.0 Å². The van der Waals surface area contributed by atoms with Crippen LogP contribution < -0.4 is 0 Å². The van der Waals surface area contributed by atoms with Crippen molar-refractivity contribution >= 4 is 47.0 Å². The lowest BCUT2D eigenvalue weighted by molar-refractivity contribution is 1.11. The highest BCUT2D eigenvalue weighted by Gasteiger charge is 2.28. The van der Waals surface area contributed by atoms with Crippen LogP contribution in [0.3, 0.4) is 0 Å². The second-order valence-corrected chi connectivity index (χ2v) is 8.65. The molecule has 0 radical (unpaired) electrons. The zero-order chi connectivity index (χ0) is 15.7. The first-order chi connectivity index (χ1) is 10.7. The largest absolute Gasteiger partial charge is 0.192 e. The van der Waals surface area contributed by atoms with Gasteiger partial charge in [-0.15, -0.1) is 0 Å². The van der Waals surface area contributed by atoms with Crippen molar-refractivity contribution in [3.8, 4) is 24.3 Å². The van der Waals surface area contributed by atoms with E-state index in [4.69, 9.17) is 21.0 Å². The highest BCUT2D eigenvalue weighted by Crippen LogP contribution is 2.59. The Bertz CT molecular complexity index is 788. The third-order valence-corrected chi connectivity index (χ3v) is 7.72. The molecule has 4 nitrogen and oxygen atoms in total. The summed E-state index contributed by atoms with van der Waals surface area (Å²) in [6, 6.07) is 11.6. The van der Waals surface area contributed by atoms with Crippen LogP contribution in [0.25, 0.3) is 0 Å². The molecule has 8 heteroatoms. The Morgan fingerprint density at radius 3 is 1.09 bits per heavy atom. The Balaban J connectivity index is 1.99. The van der Waals surface area contributed by atoms with Gasteiger partial charge in [0.1, 0.15) is 35.4 Å². The number of fused-ring (bicyclic) bond motifs is 2. The summed E-state index contributed by atoms with van der Waals surface area (Å²) in [6.45, 7) is 0. The normalized spacial score (nSPS) is 14.2. The molecule has 0 bridgehead atoms. The maximum Gasteiger partial charge on any atom is 0.150 e. The molecule has 0 aliphatic carbocycles. The van der Waals surface area contributed by atoms with Gasteiger partial charge in [-0.2, -0.15) is 21.0 Å². The zero-order valence-electron chi connectivity index (χ0n) is 10.6. The molecular formula is C14H2N4S4. The van der Waals surface area contributed by atoms with E-state index in [2.05, 4.69) is 0 Å². The molecule has 0 atom stereocenters. The first kappa shape index (κ1) is 15.0. The average Bonchev–Trinajstić information content (AvgIpc) is 3.10. The second-order valence-electron chi connectivity index (χ2n) is 3.93. The summed E-state index contributed by atoms with van der Waals surface area (Å²) in [5, 5.41) is 35.8. The highest BCUT2D eigenvalue weighted by atomic mass is 32.2. The van der Waals surface area contributed by atoms with Crippen LogP contribution in [0.5, 0.6) is 0 Å². The Labute approximate surface area is 143 Å². The fourth-order valence-electron chi connectivity index (χ4n) is 1.72. The molecule has 0 saturated carbocycles. The predicted octanol–water partition coefficient (Wildman–Crippen LogP) is 4.60. The summed E-state index contributed by atoms with van der Waals surface area (Å²) in [5.41, 5.74) is 0.256. The van der Waals surface area contributed by atoms with Crippen molar-refractivity contribution < 1.29 is 0 Å². The molecule has 1 aromatic rings. The number of allylic oxidation sites excluding steroid dienone is 2. The maximum absolute atomic E-state index is 8.95. The Morgan fingerprint density at radius 2 is 0.864 bits per heavy atom. The van der Waals surface area contributed by atoms with Crippen molar-refractivity contribution in [1.29, 1.82) is 21.0 Å². The van der Waals surface area contributed by atoms with Gasteiger partial charge >= 0.3 is 0 Å². The van der Waals surface area contributed by atoms with Crippen LogP contribution >= 0.6 is 47.0 Å². The third-order valence-electron chi connectivity index (χ3n) is 2.68. The summed E-state index contributed by atoms with van der Waals surface area (Å²) in [6.07, 6.45) is 0. The van der Waals surface area contributed by atoms with Crippen molar-refractivity contribution in [2.45, 2.75) is 19.6 Å². The second kappa shape index (κ2) is 6.05. The standard InChI is InChI=1S/C14H2N4S4/c15-3-7(4-16)13-19-9-1-10-12(2-11(9)21-13)22-14(20-10)8(5-17)6-18/h1-2H. The molecule has 1 aromatic carbocycles. The summed E-state index contributed by atoms with van der Waals surface area (Å²) in [4.78, 5) is 3.97. The van der Waals surface area contributed by atoms with Gasteiger partial charge in [0.25, 0.3) is 0 Å². The molecule has 2 aliphatic rings. The van der Waals surface area contributed by atoms with Crippen molar-refractivity contribution in [3.63, 3.8) is 0 Å². The monoisotopic (exact) mass is 354 g/mol. The lowest BCUT2D eigenvalue weighted by Crippen LogP contribution is -1.74. The molecule has 102 valence electrons. The molecule has 0 amide bonds. The van der Waals surface area contributed by atoms with Gasteiger partial charge in [0, 0.05) is 19.6 Å². The number of nitrogens with zero attached hydrogens (tertiary/aromatic N) is 4. The first-order valence-corrected chi connectivity index (χ1v) is 8.95. The van der Waals surface area contributed by atoms with E-state index in [-0.39, 0.29) is 11.1 Å². The van der Waals surface area contributed by atoms with Crippen molar-refractivity contribution in [2.75, 3.05) is 0 Å². The van der Waals surface area contributed by atoms with Gasteiger partial charge in [0.15, 0.2) is 0 Å². The van der Waals surface area contributed by atoms with Crippen LogP contribution in [0.2, 0.25) is 0 Å². The topological polar surface area (TPSA) is 95.2 Å². The number of nitriles is 4. The Kier molecular flexibility index (Phi) is 4.12. The molecule has 22 heavy (non-hydrogen) atoms. The number of benzene rings is 1. The fourth-order valence-corrected chi connectivity index (χ4v) is 6.70. The molecule has 2 aliphatic heterocycles. The van der Waals surface area contributed by atoms with E-state index in [1.807, 2.05) is 36.4 Å². The van der Waals surface area contributed by atoms with Crippen molar-refractivity contribution in [3.05, 3.63) is 31.8 Å². The summed E-state index contributed by atoms with van der Waals surface area (Å²) in [7, 11) is 0. The van der Waals surface area contributed by atoms with Gasteiger partial charge in [0.05, 0.1) is 8.47 Å². The van der Waals surface area contributed by atoms with E-state index < -0.39 is 0 Å². The van der Waals surface area contributed by atoms with Gasteiger partial charge in [-0.25, -0.2) is 0 Å². The molecular weight excluding hydrogens is 352 g/mol. The number of hydrogen-bond acceptors (Lipinski definition) is 8. The Hall–Kier alpha value is -1.94. The van der Waals surface area contributed by atoms with E-state index in [0.29, 0.717) is 8.47 Å². The lowest BCUT2D eigenvalue weighted by atomic mass is 10.3. The van der Waals surface area contributed by atoms with Crippen LogP contribution in [-0.2, 0) is 0 Å². The molecule has 3 rings (SSSR count). The van der Waals surface area contributed by atoms with Crippen molar-refractivity contribution in [1.82, 2.24) is 0 Å². The van der Waals surface area contributed by atoms with Crippen LogP contribution in [0.4, 0.5) is 0 Å². The predicted molar refractivity (Wildman–Crippen MR) is 86.4 cm³/mol. The minimum Gasteiger partial charge on any atom is -0.192 e. The summed E-state index contributed by atoms with van der Waals surface area (Å²) >= 11 is 5.64. The molecule has 0 fully saturated rings. The third kappa shape index (κ3) is 2.48. The van der Waals surface area contributed by atoms with Crippen LogP contribution in [0.1, 0.15) is 0 Å². The zero-order valence-corrected chi connectivity index (χ0v) is 13.8. The number of hydrogen-bond donors (Lipinski definition) is 0. The minimum absolute atomic E-state index is 0.128. The SMILES string of the molecule is N#CC(C#N)=C1Sc2cc3c(cc2S1)SC(=C(C#N)C#N)S3. The van der Waals surface area contributed by atoms with Gasteiger partial charge in [-0.3, -0.25) is 0 Å².